The number of hydrogen-bond donors (Lipinski definition) is 0. The Morgan fingerprint density at radius 2 is 1.88 bits per heavy atom. The van der Waals surface area contributed by atoms with Crippen LogP contribution in [0.3, 0.4) is 0 Å². The maximum Gasteiger partial charge on any atom is -0.0414 e. The zero-order valence-corrected chi connectivity index (χ0v) is 5.82. The van der Waals surface area contributed by atoms with Crippen LogP contribution in [0.15, 0.2) is 0 Å². The van der Waals surface area contributed by atoms with Crippen LogP contribution in [0.25, 0.3) is 0 Å². The molecule has 0 atom stereocenters. The maximum atomic E-state index is 2.29. The third-order valence-electron chi connectivity index (χ3n) is 2.17. The molecule has 0 unspecified atom stereocenters. The summed E-state index contributed by atoms with van der Waals surface area (Å²) in [5, 5.41) is 0. The van der Waals surface area contributed by atoms with Gasteiger partial charge in [0.1, 0.15) is 0 Å². The largest absolute Gasteiger partial charge is 0.0654 e. The van der Waals surface area contributed by atoms with E-state index in [-0.39, 0.29) is 0 Å². The lowest BCUT2D eigenvalue weighted by Crippen LogP contribution is -1.89. The van der Waals surface area contributed by atoms with Gasteiger partial charge in [-0.05, 0) is 5.92 Å². The summed E-state index contributed by atoms with van der Waals surface area (Å²) >= 11 is 0. The van der Waals surface area contributed by atoms with Crippen LogP contribution < -0.4 is 0 Å². The summed E-state index contributed by atoms with van der Waals surface area (Å²) in [4.78, 5) is 0. The summed E-state index contributed by atoms with van der Waals surface area (Å²) in [6.07, 6.45) is 8.93. The molecule has 0 amide bonds. The van der Waals surface area contributed by atoms with Crippen LogP contribution in [-0.4, -0.2) is 0 Å². The van der Waals surface area contributed by atoms with E-state index in [4.69, 9.17) is 0 Å². The highest BCUT2D eigenvalue weighted by Crippen LogP contribution is 2.27. The van der Waals surface area contributed by atoms with Crippen molar-refractivity contribution in [3.8, 4) is 0 Å². The first-order valence-electron chi connectivity index (χ1n) is 3.93. The van der Waals surface area contributed by atoms with Crippen molar-refractivity contribution in [2.45, 2.75) is 45.4 Å². The van der Waals surface area contributed by atoms with E-state index in [1.807, 2.05) is 0 Å². The Balaban J connectivity index is 2.06. The maximum absolute atomic E-state index is 2.29. The first-order valence-corrected chi connectivity index (χ1v) is 3.93. The van der Waals surface area contributed by atoms with Gasteiger partial charge in [0.25, 0.3) is 0 Å². The molecule has 0 heteroatoms. The molecule has 0 radical (unpaired) electrons. The summed E-state index contributed by atoms with van der Waals surface area (Å²) in [5.74, 6) is 1.11. The average Bonchev–Trinajstić information content (AvgIpc) is 2.19. The summed E-state index contributed by atoms with van der Waals surface area (Å²) in [6.45, 7) is 2.29. The van der Waals surface area contributed by atoms with Crippen LogP contribution in [0.5, 0.6) is 0 Å². The van der Waals surface area contributed by atoms with Crippen LogP contribution >= 0.6 is 0 Å². The van der Waals surface area contributed by atoms with E-state index in [1.54, 1.807) is 0 Å². The Hall–Kier alpha value is 0. The van der Waals surface area contributed by atoms with Crippen molar-refractivity contribution >= 4 is 0 Å². The Kier molecular flexibility index (Phi) is 2.38. The van der Waals surface area contributed by atoms with Crippen molar-refractivity contribution in [3.05, 3.63) is 0 Å². The Morgan fingerprint density at radius 3 is 2.38 bits per heavy atom. The molecule has 0 aliphatic heterocycles. The van der Waals surface area contributed by atoms with Crippen molar-refractivity contribution < 1.29 is 0 Å². The third-order valence-corrected chi connectivity index (χ3v) is 2.17. The molecule has 1 aliphatic carbocycles. The SMILES string of the molecule is CCCC1CCCC1. The smallest absolute Gasteiger partial charge is 0.0414 e. The monoisotopic (exact) mass is 112 g/mol. The van der Waals surface area contributed by atoms with Crippen LogP contribution in [-0.2, 0) is 0 Å². The van der Waals surface area contributed by atoms with E-state index in [0.29, 0.717) is 0 Å². The van der Waals surface area contributed by atoms with Gasteiger partial charge < -0.3 is 0 Å². The quantitative estimate of drug-likeness (QED) is 0.515. The van der Waals surface area contributed by atoms with Gasteiger partial charge in [-0.2, -0.15) is 0 Å². The molecule has 1 aliphatic rings. The molecule has 0 aromatic heterocycles. The predicted molar refractivity (Wildman–Crippen MR) is 36.9 cm³/mol. The first-order chi connectivity index (χ1) is 3.93. The summed E-state index contributed by atoms with van der Waals surface area (Å²) in [6, 6.07) is 0. The van der Waals surface area contributed by atoms with Crippen LogP contribution in [0.2, 0.25) is 0 Å². The van der Waals surface area contributed by atoms with E-state index >= 15 is 0 Å². The second-order valence-electron chi connectivity index (χ2n) is 2.94. The molecule has 0 saturated heterocycles. The standard InChI is InChI=1S/C8H16/c1-2-5-8-6-3-4-7-8/h8H,2-7H2,1H3. The zero-order valence-electron chi connectivity index (χ0n) is 5.82. The second kappa shape index (κ2) is 3.11. The van der Waals surface area contributed by atoms with Crippen LogP contribution in [0.4, 0.5) is 0 Å². The minimum atomic E-state index is 1.11. The molecule has 1 rings (SSSR count). The Labute approximate surface area is 52.3 Å². The molecule has 0 N–H and O–H groups in total. The molecule has 0 aromatic carbocycles. The highest BCUT2D eigenvalue weighted by atomic mass is 14.2. The van der Waals surface area contributed by atoms with Gasteiger partial charge in [0, 0.05) is 0 Å². The van der Waals surface area contributed by atoms with Gasteiger partial charge in [0.15, 0.2) is 0 Å². The molecule has 8 heavy (non-hydrogen) atoms. The summed E-state index contributed by atoms with van der Waals surface area (Å²) in [7, 11) is 0. The fraction of sp³-hybridized carbons (Fsp3) is 1.00. The van der Waals surface area contributed by atoms with Gasteiger partial charge >= 0.3 is 0 Å². The molecule has 0 aromatic rings. The lowest BCUT2D eigenvalue weighted by molar-refractivity contribution is 0.496. The molecular formula is C8H16. The first kappa shape index (κ1) is 6.12. The third kappa shape index (κ3) is 1.50. The minimum absolute atomic E-state index is 1.11. The fourth-order valence-corrected chi connectivity index (χ4v) is 1.71. The molecule has 1 fully saturated rings. The average molecular weight is 112 g/mol. The summed E-state index contributed by atoms with van der Waals surface area (Å²) in [5.41, 5.74) is 0. The van der Waals surface area contributed by atoms with Gasteiger partial charge in [-0.25, -0.2) is 0 Å². The second-order valence-corrected chi connectivity index (χ2v) is 2.94. The van der Waals surface area contributed by atoms with E-state index in [9.17, 15) is 0 Å². The lowest BCUT2D eigenvalue weighted by Gasteiger charge is -2.03. The van der Waals surface area contributed by atoms with E-state index in [1.165, 1.54) is 38.5 Å². The number of rotatable bonds is 2. The van der Waals surface area contributed by atoms with E-state index in [0.717, 1.165) is 5.92 Å². The van der Waals surface area contributed by atoms with Crippen molar-refractivity contribution in [2.24, 2.45) is 5.92 Å². The summed E-state index contributed by atoms with van der Waals surface area (Å²) < 4.78 is 0. The normalized spacial score (nSPS) is 22.1. The predicted octanol–water partition coefficient (Wildman–Crippen LogP) is 2.98. The van der Waals surface area contributed by atoms with Crippen molar-refractivity contribution in [1.82, 2.24) is 0 Å². The van der Waals surface area contributed by atoms with E-state index in [2.05, 4.69) is 6.92 Å². The molecular weight excluding hydrogens is 96.1 g/mol. The Morgan fingerprint density at radius 1 is 1.25 bits per heavy atom. The highest BCUT2D eigenvalue weighted by molar-refractivity contribution is 4.65. The van der Waals surface area contributed by atoms with Gasteiger partial charge in [-0.15, -0.1) is 0 Å². The van der Waals surface area contributed by atoms with Gasteiger partial charge in [0.05, 0.1) is 0 Å². The zero-order chi connectivity index (χ0) is 5.82. The highest BCUT2D eigenvalue weighted by Gasteiger charge is 2.12. The number of hydrogen-bond acceptors (Lipinski definition) is 0. The molecule has 0 spiro atoms. The minimum Gasteiger partial charge on any atom is -0.0654 e. The van der Waals surface area contributed by atoms with Crippen molar-refractivity contribution in [1.29, 1.82) is 0 Å². The lowest BCUT2D eigenvalue weighted by atomic mass is 10.0. The molecule has 0 nitrogen and oxygen atoms in total. The van der Waals surface area contributed by atoms with Crippen LogP contribution in [0, 0.1) is 5.92 Å². The van der Waals surface area contributed by atoms with Gasteiger partial charge in [-0.3, -0.25) is 0 Å². The van der Waals surface area contributed by atoms with E-state index < -0.39 is 0 Å². The topological polar surface area (TPSA) is 0 Å². The molecule has 1 saturated carbocycles. The van der Waals surface area contributed by atoms with Crippen molar-refractivity contribution in [2.75, 3.05) is 0 Å². The van der Waals surface area contributed by atoms with Crippen LogP contribution in [0.1, 0.15) is 45.4 Å². The van der Waals surface area contributed by atoms with Crippen molar-refractivity contribution in [3.63, 3.8) is 0 Å². The Bertz CT molecular complexity index is 51.1. The van der Waals surface area contributed by atoms with Gasteiger partial charge in [-0.1, -0.05) is 45.4 Å². The van der Waals surface area contributed by atoms with Gasteiger partial charge in [0.2, 0.25) is 0 Å². The molecule has 0 heterocycles. The fourth-order valence-electron chi connectivity index (χ4n) is 1.71. The molecule has 48 valence electrons. The molecule has 0 bridgehead atoms.